The van der Waals surface area contributed by atoms with Gasteiger partial charge in [-0.05, 0) is 18.2 Å². The Kier molecular flexibility index (Phi) is 2.81. The zero-order valence-corrected chi connectivity index (χ0v) is 9.52. The third-order valence-electron chi connectivity index (χ3n) is 2.77. The van der Waals surface area contributed by atoms with Gasteiger partial charge in [0.1, 0.15) is 0 Å². The van der Waals surface area contributed by atoms with E-state index in [4.69, 9.17) is 16.7 Å². The van der Waals surface area contributed by atoms with Crippen LogP contribution in [0.2, 0.25) is 5.02 Å². The maximum absolute atomic E-state index is 11.8. The summed E-state index contributed by atoms with van der Waals surface area (Å²) >= 11 is 5.79. The molecule has 1 heterocycles. The molecule has 1 aromatic rings. The van der Waals surface area contributed by atoms with Crippen molar-refractivity contribution in [1.82, 2.24) is 0 Å². The number of aliphatic carboxylic acids is 1. The molecule has 1 aliphatic rings. The van der Waals surface area contributed by atoms with E-state index in [0.717, 1.165) is 0 Å². The maximum Gasteiger partial charge on any atom is 0.345 e. The summed E-state index contributed by atoms with van der Waals surface area (Å²) in [5, 5.41) is 19.0. The van der Waals surface area contributed by atoms with Crippen LogP contribution < -0.4 is 4.90 Å². The van der Waals surface area contributed by atoms with Crippen molar-refractivity contribution >= 4 is 29.2 Å². The molecule has 2 rings (SSSR count). The highest BCUT2D eigenvalue weighted by Gasteiger charge is 2.52. The van der Waals surface area contributed by atoms with E-state index in [1.807, 2.05) is 0 Å². The molecule has 6 heteroatoms. The lowest BCUT2D eigenvalue weighted by Crippen LogP contribution is -2.46. The Labute approximate surface area is 102 Å². The van der Waals surface area contributed by atoms with Gasteiger partial charge in [0, 0.05) is 23.7 Å². The van der Waals surface area contributed by atoms with Crippen LogP contribution in [0.4, 0.5) is 5.69 Å². The Morgan fingerprint density at radius 3 is 2.71 bits per heavy atom. The van der Waals surface area contributed by atoms with Gasteiger partial charge in [0.15, 0.2) is 0 Å². The topological polar surface area (TPSA) is 77.8 Å². The largest absolute Gasteiger partial charge is 0.479 e. The Morgan fingerprint density at radius 1 is 1.47 bits per heavy atom. The molecule has 1 aromatic carbocycles. The zero-order valence-electron chi connectivity index (χ0n) is 8.76. The van der Waals surface area contributed by atoms with Crippen LogP contribution >= 0.6 is 11.6 Å². The Morgan fingerprint density at radius 2 is 2.18 bits per heavy atom. The monoisotopic (exact) mass is 255 g/mol. The summed E-state index contributed by atoms with van der Waals surface area (Å²) in [5.41, 5.74) is -1.83. The van der Waals surface area contributed by atoms with Crippen molar-refractivity contribution in [3.8, 4) is 0 Å². The molecule has 0 aliphatic carbocycles. The minimum atomic E-state index is -2.32. The van der Waals surface area contributed by atoms with Gasteiger partial charge in [-0.1, -0.05) is 17.7 Å². The summed E-state index contributed by atoms with van der Waals surface area (Å²) in [5.74, 6) is -2.35. The second kappa shape index (κ2) is 4.01. The number of anilines is 1. The lowest BCUT2D eigenvalue weighted by Gasteiger charge is -2.19. The smallest absolute Gasteiger partial charge is 0.345 e. The number of benzene rings is 1. The third kappa shape index (κ3) is 1.87. The van der Waals surface area contributed by atoms with Gasteiger partial charge in [-0.25, -0.2) is 4.79 Å². The Bertz CT molecular complexity index is 490. The van der Waals surface area contributed by atoms with Crippen molar-refractivity contribution in [2.75, 3.05) is 11.4 Å². The molecule has 0 bridgehead atoms. The van der Waals surface area contributed by atoms with Gasteiger partial charge in [-0.3, -0.25) is 4.79 Å². The van der Waals surface area contributed by atoms with E-state index in [9.17, 15) is 14.7 Å². The standard InChI is InChI=1S/C11H10ClNO4/c12-7-2-1-3-8(6-7)13-5-4-11(17,9(13)14)10(15)16/h1-3,6,17H,4-5H2,(H,15,16)/t11-/m0/s1. The summed E-state index contributed by atoms with van der Waals surface area (Å²) in [6.07, 6.45) is -0.131. The number of hydrogen-bond donors (Lipinski definition) is 2. The van der Waals surface area contributed by atoms with Crippen LogP contribution in [-0.4, -0.2) is 34.2 Å². The molecule has 1 atom stereocenters. The summed E-state index contributed by atoms with van der Waals surface area (Å²) < 4.78 is 0. The minimum absolute atomic E-state index is 0.131. The molecule has 90 valence electrons. The van der Waals surface area contributed by atoms with Crippen molar-refractivity contribution in [1.29, 1.82) is 0 Å². The van der Waals surface area contributed by atoms with Gasteiger partial charge in [0.25, 0.3) is 5.91 Å². The van der Waals surface area contributed by atoms with Gasteiger partial charge >= 0.3 is 5.97 Å². The van der Waals surface area contributed by atoms with Crippen LogP contribution in [0.5, 0.6) is 0 Å². The summed E-state index contributed by atoms with van der Waals surface area (Å²) in [6.45, 7) is 0.155. The van der Waals surface area contributed by atoms with Gasteiger partial charge in [-0.2, -0.15) is 0 Å². The van der Waals surface area contributed by atoms with E-state index in [1.54, 1.807) is 24.3 Å². The average molecular weight is 256 g/mol. The lowest BCUT2D eigenvalue weighted by molar-refractivity contribution is -0.162. The normalized spacial score (nSPS) is 24.1. The highest BCUT2D eigenvalue weighted by Crippen LogP contribution is 2.29. The first-order valence-electron chi connectivity index (χ1n) is 4.98. The van der Waals surface area contributed by atoms with E-state index in [1.165, 1.54) is 4.90 Å². The number of carbonyl (C=O) groups excluding carboxylic acids is 1. The van der Waals surface area contributed by atoms with E-state index in [-0.39, 0.29) is 13.0 Å². The van der Waals surface area contributed by atoms with Crippen LogP contribution in [0.15, 0.2) is 24.3 Å². The average Bonchev–Trinajstić information content (AvgIpc) is 2.57. The first-order valence-corrected chi connectivity index (χ1v) is 5.36. The SMILES string of the molecule is O=C(O)[C@]1(O)CCN(c2cccc(Cl)c2)C1=O. The van der Waals surface area contributed by atoms with Gasteiger partial charge in [-0.15, -0.1) is 0 Å². The fourth-order valence-corrected chi connectivity index (χ4v) is 1.98. The predicted octanol–water partition coefficient (Wildman–Crippen LogP) is 0.892. The molecule has 0 spiro atoms. The fraction of sp³-hybridized carbons (Fsp3) is 0.273. The number of hydrogen-bond acceptors (Lipinski definition) is 3. The molecular weight excluding hydrogens is 246 g/mol. The van der Waals surface area contributed by atoms with Gasteiger partial charge in [0.05, 0.1) is 0 Å². The number of amides is 1. The zero-order chi connectivity index (χ0) is 12.6. The quantitative estimate of drug-likeness (QED) is 0.770. The third-order valence-corrected chi connectivity index (χ3v) is 3.00. The van der Waals surface area contributed by atoms with E-state index < -0.39 is 17.5 Å². The van der Waals surface area contributed by atoms with E-state index in [0.29, 0.717) is 10.7 Å². The number of carbonyl (C=O) groups is 2. The van der Waals surface area contributed by atoms with Crippen molar-refractivity contribution < 1.29 is 19.8 Å². The van der Waals surface area contributed by atoms with Crippen molar-refractivity contribution in [2.45, 2.75) is 12.0 Å². The molecule has 5 nitrogen and oxygen atoms in total. The van der Waals surface area contributed by atoms with E-state index in [2.05, 4.69) is 0 Å². The fourth-order valence-electron chi connectivity index (χ4n) is 1.79. The molecule has 1 fully saturated rings. The number of carboxylic acids is 1. The molecule has 0 saturated carbocycles. The van der Waals surface area contributed by atoms with E-state index >= 15 is 0 Å². The highest BCUT2D eigenvalue weighted by atomic mass is 35.5. The van der Waals surface area contributed by atoms with Gasteiger partial charge < -0.3 is 15.1 Å². The minimum Gasteiger partial charge on any atom is -0.479 e. The van der Waals surface area contributed by atoms with Gasteiger partial charge in [0.2, 0.25) is 5.60 Å². The molecule has 17 heavy (non-hydrogen) atoms. The number of nitrogens with zero attached hydrogens (tertiary/aromatic N) is 1. The van der Waals surface area contributed by atoms with Crippen molar-refractivity contribution in [3.05, 3.63) is 29.3 Å². The van der Waals surface area contributed by atoms with Crippen molar-refractivity contribution in [2.24, 2.45) is 0 Å². The number of rotatable bonds is 2. The summed E-state index contributed by atoms with van der Waals surface area (Å²) in [4.78, 5) is 23.9. The van der Waals surface area contributed by atoms with Crippen LogP contribution in [0.3, 0.4) is 0 Å². The maximum atomic E-state index is 11.8. The molecule has 1 saturated heterocycles. The Balaban J connectivity index is 2.33. The molecule has 0 unspecified atom stereocenters. The summed E-state index contributed by atoms with van der Waals surface area (Å²) in [6, 6.07) is 6.49. The Hall–Kier alpha value is -1.59. The van der Waals surface area contributed by atoms with Crippen LogP contribution in [0.1, 0.15) is 6.42 Å². The number of halogens is 1. The highest BCUT2D eigenvalue weighted by molar-refractivity contribution is 6.31. The second-order valence-corrected chi connectivity index (χ2v) is 4.29. The molecule has 2 N–H and O–H groups in total. The molecular formula is C11H10ClNO4. The lowest BCUT2D eigenvalue weighted by atomic mass is 10.0. The predicted molar refractivity (Wildman–Crippen MR) is 61.0 cm³/mol. The molecule has 1 aliphatic heterocycles. The van der Waals surface area contributed by atoms with Crippen molar-refractivity contribution in [3.63, 3.8) is 0 Å². The second-order valence-electron chi connectivity index (χ2n) is 3.85. The van der Waals surface area contributed by atoms with Crippen LogP contribution in [-0.2, 0) is 9.59 Å². The summed E-state index contributed by atoms with van der Waals surface area (Å²) in [7, 11) is 0. The van der Waals surface area contributed by atoms with Crippen LogP contribution in [0, 0.1) is 0 Å². The first kappa shape index (κ1) is 11.9. The number of carboxylic acid groups (broad SMARTS) is 1. The number of aliphatic hydroxyl groups is 1. The molecule has 1 amide bonds. The first-order chi connectivity index (χ1) is 7.95. The van der Waals surface area contributed by atoms with Crippen LogP contribution in [0.25, 0.3) is 0 Å². The molecule has 0 aromatic heterocycles. The molecule has 0 radical (unpaired) electrons.